The second-order valence-electron chi connectivity index (χ2n) is 5.61. The van der Waals surface area contributed by atoms with E-state index in [9.17, 15) is 14.4 Å². The zero-order valence-electron chi connectivity index (χ0n) is 14.1. The van der Waals surface area contributed by atoms with E-state index in [4.69, 9.17) is 0 Å². The molecule has 0 aliphatic carbocycles. The van der Waals surface area contributed by atoms with Gasteiger partial charge in [-0.1, -0.05) is 12.1 Å². The average molecular weight is 368 g/mol. The van der Waals surface area contributed by atoms with Crippen molar-refractivity contribution in [2.75, 3.05) is 10.6 Å². The van der Waals surface area contributed by atoms with Crippen molar-refractivity contribution in [1.29, 1.82) is 0 Å². The third-order valence-corrected chi connectivity index (χ3v) is 4.32. The van der Waals surface area contributed by atoms with Crippen LogP contribution in [0.2, 0.25) is 0 Å². The van der Waals surface area contributed by atoms with Gasteiger partial charge in [0.05, 0.1) is 5.69 Å². The summed E-state index contributed by atoms with van der Waals surface area (Å²) in [6.45, 7) is 2.89. The van der Waals surface area contributed by atoms with Crippen molar-refractivity contribution in [2.45, 2.75) is 13.8 Å². The molecule has 8 heteroatoms. The molecule has 0 radical (unpaired) electrons. The second-order valence-corrected chi connectivity index (χ2v) is 6.47. The van der Waals surface area contributed by atoms with Crippen molar-refractivity contribution in [2.24, 2.45) is 0 Å². The molecule has 0 unspecified atom stereocenters. The van der Waals surface area contributed by atoms with Gasteiger partial charge < -0.3 is 10.3 Å². The highest BCUT2D eigenvalue weighted by atomic mass is 32.1. The quantitative estimate of drug-likeness (QED) is 0.599. The van der Waals surface area contributed by atoms with Crippen LogP contribution in [0.5, 0.6) is 0 Å². The molecule has 0 spiro atoms. The number of benzene rings is 1. The Hall–Kier alpha value is -3.26. The van der Waals surface area contributed by atoms with Crippen LogP contribution < -0.4 is 10.6 Å². The lowest BCUT2D eigenvalue weighted by Crippen LogP contribution is -2.12. The molecule has 1 aromatic carbocycles. The van der Waals surface area contributed by atoms with E-state index in [2.05, 4.69) is 20.6 Å². The smallest absolute Gasteiger partial charge is 0.273 e. The maximum atomic E-state index is 12.2. The fourth-order valence-electron chi connectivity index (χ4n) is 2.28. The van der Waals surface area contributed by atoms with Gasteiger partial charge in [0.15, 0.2) is 10.9 Å². The number of nitrogens with one attached hydrogen (secondary N) is 3. The lowest BCUT2D eigenvalue weighted by atomic mass is 10.1. The van der Waals surface area contributed by atoms with Gasteiger partial charge in [-0.15, -0.1) is 11.3 Å². The minimum atomic E-state index is -0.362. The predicted molar refractivity (Wildman–Crippen MR) is 101 cm³/mol. The molecule has 3 aromatic rings. The lowest BCUT2D eigenvalue weighted by molar-refractivity contribution is -0.114. The van der Waals surface area contributed by atoms with Gasteiger partial charge in [0.1, 0.15) is 5.69 Å². The number of hydrogen-bond donors (Lipinski definition) is 3. The Balaban J connectivity index is 1.70. The van der Waals surface area contributed by atoms with Gasteiger partial charge in [-0.2, -0.15) is 0 Å². The predicted octanol–water partition coefficient (Wildman–Crippen LogP) is 3.55. The molecule has 3 rings (SSSR count). The number of anilines is 2. The van der Waals surface area contributed by atoms with E-state index in [-0.39, 0.29) is 17.6 Å². The number of amides is 2. The third kappa shape index (κ3) is 4.04. The van der Waals surface area contributed by atoms with Gasteiger partial charge in [0.25, 0.3) is 5.91 Å². The lowest BCUT2D eigenvalue weighted by Gasteiger charge is -2.02. The fourth-order valence-corrected chi connectivity index (χ4v) is 3.00. The normalized spacial score (nSPS) is 10.4. The minimum absolute atomic E-state index is 0.112. The maximum Gasteiger partial charge on any atom is 0.273 e. The first-order valence-corrected chi connectivity index (χ1v) is 8.64. The van der Waals surface area contributed by atoms with Gasteiger partial charge in [0, 0.05) is 35.3 Å². The minimum Gasteiger partial charge on any atom is -0.356 e. The number of thiazole rings is 1. The van der Waals surface area contributed by atoms with Crippen molar-refractivity contribution in [3.8, 4) is 11.3 Å². The van der Waals surface area contributed by atoms with Gasteiger partial charge in [-0.05, 0) is 25.1 Å². The molecule has 7 nitrogen and oxygen atoms in total. The number of carbonyl (C=O) groups excluding carboxylic acids is 3. The first-order chi connectivity index (χ1) is 12.4. The van der Waals surface area contributed by atoms with Crippen LogP contribution in [0, 0.1) is 0 Å². The van der Waals surface area contributed by atoms with Crippen LogP contribution in [0.25, 0.3) is 11.3 Å². The van der Waals surface area contributed by atoms with E-state index >= 15 is 0 Å². The Bertz CT molecular complexity index is 972. The Morgan fingerprint density at radius 3 is 2.42 bits per heavy atom. The van der Waals surface area contributed by atoms with Gasteiger partial charge in [0.2, 0.25) is 5.91 Å². The van der Waals surface area contributed by atoms with Crippen molar-refractivity contribution in [1.82, 2.24) is 9.97 Å². The largest absolute Gasteiger partial charge is 0.356 e. The fraction of sp³-hybridized carbons (Fsp3) is 0.111. The highest BCUT2D eigenvalue weighted by molar-refractivity contribution is 7.14. The maximum absolute atomic E-state index is 12.2. The molecule has 26 heavy (non-hydrogen) atoms. The molecule has 0 atom stereocenters. The number of aromatic nitrogens is 2. The summed E-state index contributed by atoms with van der Waals surface area (Å²) >= 11 is 1.30. The average Bonchev–Trinajstić information content (AvgIpc) is 3.24. The molecule has 0 aliphatic heterocycles. The highest BCUT2D eigenvalue weighted by Crippen LogP contribution is 2.26. The summed E-state index contributed by atoms with van der Waals surface area (Å²) < 4.78 is 0. The first-order valence-electron chi connectivity index (χ1n) is 7.76. The Labute approximate surface area is 153 Å². The summed E-state index contributed by atoms with van der Waals surface area (Å²) in [6.07, 6.45) is 1.50. The summed E-state index contributed by atoms with van der Waals surface area (Å²) in [4.78, 5) is 41.7. The molecule has 2 heterocycles. The number of Topliss-reactive ketones (excluding diaryl/α,β-unsaturated/α-hetero) is 1. The summed E-state index contributed by atoms with van der Waals surface area (Å²) in [5.41, 5.74) is 3.05. The topological polar surface area (TPSA) is 104 Å². The Kier molecular flexibility index (Phi) is 4.94. The zero-order valence-corrected chi connectivity index (χ0v) is 14.9. The van der Waals surface area contributed by atoms with Crippen LogP contribution in [-0.4, -0.2) is 27.6 Å². The number of hydrogen-bond acceptors (Lipinski definition) is 5. The van der Waals surface area contributed by atoms with E-state index < -0.39 is 0 Å². The monoisotopic (exact) mass is 368 g/mol. The van der Waals surface area contributed by atoms with Crippen LogP contribution in [0.3, 0.4) is 0 Å². The molecule has 132 valence electrons. The number of aromatic amines is 1. The van der Waals surface area contributed by atoms with Crippen molar-refractivity contribution >= 4 is 39.8 Å². The van der Waals surface area contributed by atoms with Crippen molar-refractivity contribution < 1.29 is 14.4 Å². The Morgan fingerprint density at radius 2 is 1.81 bits per heavy atom. The van der Waals surface area contributed by atoms with Crippen LogP contribution in [-0.2, 0) is 4.79 Å². The third-order valence-electron chi connectivity index (χ3n) is 3.56. The molecule has 0 saturated heterocycles. The summed E-state index contributed by atoms with van der Waals surface area (Å²) in [5.74, 6) is -0.604. The van der Waals surface area contributed by atoms with Gasteiger partial charge >= 0.3 is 0 Å². The number of nitrogens with zero attached hydrogens (tertiary/aromatic N) is 1. The van der Waals surface area contributed by atoms with E-state index in [1.54, 1.807) is 12.1 Å². The summed E-state index contributed by atoms with van der Waals surface area (Å²) in [6, 6.07) is 8.77. The number of H-pyrrole nitrogens is 1. The van der Waals surface area contributed by atoms with Crippen LogP contribution in [0.1, 0.15) is 34.7 Å². The van der Waals surface area contributed by atoms with Crippen LogP contribution in [0.4, 0.5) is 10.8 Å². The zero-order chi connectivity index (χ0) is 18.7. The van der Waals surface area contributed by atoms with E-state index in [1.165, 1.54) is 37.4 Å². The second kappa shape index (κ2) is 7.32. The number of ketones is 1. The van der Waals surface area contributed by atoms with E-state index in [0.717, 1.165) is 11.3 Å². The summed E-state index contributed by atoms with van der Waals surface area (Å²) in [5, 5.41) is 7.69. The van der Waals surface area contributed by atoms with Gasteiger partial charge in [-0.25, -0.2) is 4.98 Å². The molecular weight excluding hydrogens is 352 g/mol. The number of rotatable bonds is 5. The molecule has 0 aliphatic rings. The van der Waals surface area contributed by atoms with E-state index in [1.807, 2.05) is 17.5 Å². The molecule has 2 amide bonds. The molecule has 2 aromatic heterocycles. The van der Waals surface area contributed by atoms with Crippen molar-refractivity contribution in [3.05, 3.63) is 53.2 Å². The first kappa shape index (κ1) is 17.6. The van der Waals surface area contributed by atoms with Crippen LogP contribution >= 0.6 is 11.3 Å². The van der Waals surface area contributed by atoms with Gasteiger partial charge in [-0.3, -0.25) is 19.7 Å². The highest BCUT2D eigenvalue weighted by Gasteiger charge is 2.13. The SMILES string of the molecule is CC(=O)Nc1ccc(-c2csc(NC(=O)c3cc(C(C)=O)c[nH]3)n2)cc1. The number of carbonyl (C=O) groups is 3. The molecular formula is C18H16N4O3S. The molecule has 0 saturated carbocycles. The molecule has 3 N–H and O–H groups in total. The Morgan fingerprint density at radius 1 is 1.08 bits per heavy atom. The van der Waals surface area contributed by atoms with Crippen LogP contribution in [0.15, 0.2) is 41.9 Å². The van der Waals surface area contributed by atoms with Crippen molar-refractivity contribution in [3.63, 3.8) is 0 Å². The molecule has 0 bridgehead atoms. The summed E-state index contributed by atoms with van der Waals surface area (Å²) in [7, 11) is 0. The van der Waals surface area contributed by atoms with E-state index in [0.29, 0.717) is 22.1 Å². The molecule has 0 fully saturated rings. The standard InChI is InChI=1S/C18H16N4O3S/c1-10(23)13-7-15(19-8-13)17(25)22-18-21-16(9-26-18)12-3-5-14(6-4-12)20-11(2)24/h3-9,19H,1-2H3,(H,20,24)(H,21,22,25).